The number of anilines is 1. The Morgan fingerprint density at radius 3 is 2.74 bits per heavy atom. The van der Waals surface area contributed by atoms with E-state index in [1.54, 1.807) is 13.0 Å². The van der Waals surface area contributed by atoms with Gasteiger partial charge in [0.05, 0.1) is 0 Å². The van der Waals surface area contributed by atoms with Crippen molar-refractivity contribution in [1.29, 1.82) is 0 Å². The van der Waals surface area contributed by atoms with Crippen molar-refractivity contribution in [2.45, 2.75) is 13.3 Å². The second kappa shape index (κ2) is 8.53. The highest BCUT2D eigenvalue weighted by Crippen LogP contribution is 2.22. The fourth-order valence-corrected chi connectivity index (χ4v) is 3.12. The summed E-state index contributed by atoms with van der Waals surface area (Å²) in [6, 6.07) is 13.2. The number of ether oxygens (including phenoxy) is 1. The number of carbonyl (C=O) groups excluding carboxylic acids is 2. The van der Waals surface area contributed by atoms with Gasteiger partial charge in [-0.25, -0.2) is 4.79 Å². The molecule has 0 radical (unpaired) electrons. The molecule has 1 aliphatic heterocycles. The lowest BCUT2D eigenvalue weighted by Crippen LogP contribution is -2.34. The minimum atomic E-state index is -0.803. The maximum Gasteiger partial charge on any atom is 0.344 e. The van der Waals surface area contributed by atoms with Gasteiger partial charge in [-0.2, -0.15) is 0 Å². The highest BCUT2D eigenvalue weighted by molar-refractivity contribution is 5.90. The standard InChI is InChI=1S/C20H23N3O4/c1-14-7-8-17(19(25)22-14)20(26)27-13-18(24)21-11-15-9-10-23(12-15)16-5-3-2-4-6-16/h2-8,15H,9-13H2,1H3,(H,21,24)(H,22,25)/t15-/m1/s1. The molecule has 2 N–H and O–H groups in total. The Balaban J connectivity index is 1.41. The molecule has 1 saturated heterocycles. The predicted octanol–water partition coefficient (Wildman–Crippen LogP) is 1.48. The Labute approximate surface area is 157 Å². The van der Waals surface area contributed by atoms with Crippen LogP contribution in [0.15, 0.2) is 47.3 Å². The summed E-state index contributed by atoms with van der Waals surface area (Å²) in [5.74, 6) is -0.822. The molecule has 3 rings (SSSR count). The molecule has 2 aromatic rings. The molecule has 27 heavy (non-hydrogen) atoms. The smallest absolute Gasteiger partial charge is 0.344 e. The van der Waals surface area contributed by atoms with Crippen LogP contribution in [0.2, 0.25) is 0 Å². The van der Waals surface area contributed by atoms with Crippen molar-refractivity contribution in [2.24, 2.45) is 5.92 Å². The lowest BCUT2D eigenvalue weighted by Gasteiger charge is -2.18. The highest BCUT2D eigenvalue weighted by atomic mass is 16.5. The van der Waals surface area contributed by atoms with Crippen molar-refractivity contribution in [3.63, 3.8) is 0 Å². The van der Waals surface area contributed by atoms with Crippen LogP contribution in [0.5, 0.6) is 0 Å². The molecule has 0 unspecified atom stereocenters. The predicted molar refractivity (Wildman–Crippen MR) is 102 cm³/mol. The van der Waals surface area contributed by atoms with Crippen molar-refractivity contribution in [3.8, 4) is 0 Å². The number of rotatable bonds is 6. The van der Waals surface area contributed by atoms with Crippen LogP contribution in [0, 0.1) is 12.8 Å². The van der Waals surface area contributed by atoms with Crippen molar-refractivity contribution in [1.82, 2.24) is 10.3 Å². The first kappa shape index (κ1) is 18.7. The maximum absolute atomic E-state index is 11.9. The molecule has 7 nitrogen and oxygen atoms in total. The summed E-state index contributed by atoms with van der Waals surface area (Å²) in [4.78, 5) is 40.4. The molecule has 0 bridgehead atoms. The normalized spacial score (nSPS) is 16.2. The van der Waals surface area contributed by atoms with E-state index in [4.69, 9.17) is 4.74 Å². The van der Waals surface area contributed by atoms with Crippen LogP contribution in [0.1, 0.15) is 22.5 Å². The molecule has 0 saturated carbocycles. The van der Waals surface area contributed by atoms with E-state index in [0.29, 0.717) is 18.2 Å². The lowest BCUT2D eigenvalue weighted by atomic mass is 10.1. The van der Waals surface area contributed by atoms with Crippen molar-refractivity contribution < 1.29 is 14.3 Å². The second-order valence-electron chi connectivity index (χ2n) is 6.70. The van der Waals surface area contributed by atoms with E-state index in [1.807, 2.05) is 18.2 Å². The van der Waals surface area contributed by atoms with Crippen LogP contribution in [-0.4, -0.2) is 43.1 Å². The summed E-state index contributed by atoms with van der Waals surface area (Å²) in [5.41, 5.74) is 1.20. The molecular formula is C20H23N3O4. The second-order valence-corrected chi connectivity index (χ2v) is 6.70. The first-order chi connectivity index (χ1) is 13.0. The Morgan fingerprint density at radius 2 is 2.00 bits per heavy atom. The summed E-state index contributed by atoms with van der Waals surface area (Å²) in [6.45, 7) is 3.68. The highest BCUT2D eigenvalue weighted by Gasteiger charge is 2.23. The average molecular weight is 369 g/mol. The average Bonchev–Trinajstić information content (AvgIpc) is 3.14. The molecule has 1 aromatic carbocycles. The third-order valence-corrected chi connectivity index (χ3v) is 4.60. The minimum Gasteiger partial charge on any atom is -0.452 e. The molecule has 1 fully saturated rings. The van der Waals surface area contributed by atoms with E-state index in [9.17, 15) is 14.4 Å². The molecule has 2 heterocycles. The lowest BCUT2D eigenvalue weighted by molar-refractivity contribution is -0.124. The first-order valence-corrected chi connectivity index (χ1v) is 8.96. The summed E-state index contributed by atoms with van der Waals surface area (Å²) < 4.78 is 4.93. The number of hydrogen-bond donors (Lipinski definition) is 2. The number of aromatic nitrogens is 1. The minimum absolute atomic E-state index is 0.109. The van der Waals surface area contributed by atoms with Crippen molar-refractivity contribution in [2.75, 3.05) is 31.1 Å². The summed E-state index contributed by atoms with van der Waals surface area (Å²) in [7, 11) is 0. The number of aryl methyl sites for hydroxylation is 1. The van der Waals surface area contributed by atoms with E-state index in [2.05, 4.69) is 27.3 Å². The number of nitrogens with one attached hydrogen (secondary N) is 2. The number of H-pyrrole nitrogens is 1. The molecule has 142 valence electrons. The number of amides is 1. The number of aromatic amines is 1. The molecule has 0 aliphatic carbocycles. The molecule has 1 atom stereocenters. The Morgan fingerprint density at radius 1 is 1.22 bits per heavy atom. The van der Waals surface area contributed by atoms with Gasteiger partial charge in [-0.05, 0) is 43.5 Å². The number of nitrogens with zero attached hydrogens (tertiary/aromatic N) is 1. The van der Waals surface area contributed by atoms with Crippen LogP contribution >= 0.6 is 0 Å². The van der Waals surface area contributed by atoms with E-state index in [0.717, 1.165) is 19.5 Å². The van der Waals surface area contributed by atoms with E-state index >= 15 is 0 Å². The largest absolute Gasteiger partial charge is 0.452 e. The zero-order valence-electron chi connectivity index (χ0n) is 15.2. The number of benzene rings is 1. The summed E-state index contributed by atoms with van der Waals surface area (Å²) in [5, 5.41) is 2.80. The fourth-order valence-electron chi connectivity index (χ4n) is 3.12. The quantitative estimate of drug-likeness (QED) is 0.753. The van der Waals surface area contributed by atoms with Gasteiger partial charge in [0.15, 0.2) is 6.61 Å². The number of pyridine rings is 1. The van der Waals surface area contributed by atoms with Crippen molar-refractivity contribution >= 4 is 17.6 Å². The van der Waals surface area contributed by atoms with Crippen LogP contribution in [0.25, 0.3) is 0 Å². The SMILES string of the molecule is Cc1ccc(C(=O)OCC(=O)NC[C@H]2CCN(c3ccccc3)C2)c(=O)[nH]1. The maximum atomic E-state index is 11.9. The number of para-hydroxylation sites is 1. The topological polar surface area (TPSA) is 91.5 Å². The Hall–Kier alpha value is -3.09. The first-order valence-electron chi connectivity index (χ1n) is 8.96. The molecular weight excluding hydrogens is 346 g/mol. The van der Waals surface area contributed by atoms with Crippen LogP contribution in [0.4, 0.5) is 5.69 Å². The number of esters is 1. The summed E-state index contributed by atoms with van der Waals surface area (Å²) in [6.07, 6.45) is 0.994. The van der Waals surface area contributed by atoms with Gasteiger partial charge in [0.25, 0.3) is 11.5 Å². The van der Waals surface area contributed by atoms with Crippen molar-refractivity contribution in [3.05, 3.63) is 64.1 Å². The van der Waals surface area contributed by atoms with Gasteiger partial charge in [0.1, 0.15) is 5.56 Å². The van der Waals surface area contributed by atoms with Gasteiger partial charge in [0, 0.05) is 31.0 Å². The van der Waals surface area contributed by atoms with E-state index in [-0.39, 0.29) is 11.5 Å². The van der Waals surface area contributed by atoms with Crippen LogP contribution < -0.4 is 15.8 Å². The van der Waals surface area contributed by atoms with Crippen LogP contribution in [0.3, 0.4) is 0 Å². The van der Waals surface area contributed by atoms with Crippen LogP contribution in [-0.2, 0) is 9.53 Å². The Bertz CT molecular complexity index is 863. The molecule has 0 spiro atoms. The van der Waals surface area contributed by atoms with Gasteiger partial charge in [0.2, 0.25) is 0 Å². The fraction of sp³-hybridized carbons (Fsp3) is 0.350. The Kier molecular flexibility index (Phi) is 5.90. The van der Waals surface area contributed by atoms with E-state index in [1.165, 1.54) is 11.8 Å². The van der Waals surface area contributed by atoms with Gasteiger partial charge in [-0.15, -0.1) is 0 Å². The van der Waals surface area contributed by atoms with E-state index < -0.39 is 18.1 Å². The molecule has 7 heteroatoms. The van der Waals surface area contributed by atoms with Gasteiger partial charge in [-0.1, -0.05) is 18.2 Å². The number of hydrogen-bond acceptors (Lipinski definition) is 5. The summed E-state index contributed by atoms with van der Waals surface area (Å²) >= 11 is 0. The third-order valence-electron chi connectivity index (χ3n) is 4.60. The molecule has 1 aliphatic rings. The zero-order valence-corrected chi connectivity index (χ0v) is 15.2. The third kappa shape index (κ3) is 4.97. The zero-order chi connectivity index (χ0) is 19.2. The van der Waals surface area contributed by atoms with Gasteiger partial charge < -0.3 is 19.9 Å². The molecule has 1 amide bonds. The van der Waals surface area contributed by atoms with Gasteiger partial charge >= 0.3 is 5.97 Å². The monoisotopic (exact) mass is 369 g/mol. The van der Waals surface area contributed by atoms with Gasteiger partial charge in [-0.3, -0.25) is 9.59 Å². The molecule has 1 aromatic heterocycles. The number of carbonyl (C=O) groups is 2.